The molecule has 0 amide bonds. The summed E-state index contributed by atoms with van der Waals surface area (Å²) >= 11 is 0. The molecule has 0 bridgehead atoms. The van der Waals surface area contributed by atoms with Crippen LogP contribution in [0.15, 0.2) is 29.2 Å². The average Bonchev–Trinajstić information content (AvgIpc) is 2.27. The molecule has 0 radical (unpaired) electrons. The van der Waals surface area contributed by atoms with E-state index in [0.717, 1.165) is 6.07 Å². The third-order valence-electron chi connectivity index (χ3n) is 1.93. The molecule has 1 aromatic rings. The highest BCUT2D eigenvalue weighted by atomic mass is 32.2. The Morgan fingerprint density at radius 2 is 2.18 bits per heavy atom. The van der Waals surface area contributed by atoms with E-state index in [1.807, 2.05) is 0 Å². The fraction of sp³-hybridized carbons (Fsp3) is 0.333. The van der Waals surface area contributed by atoms with Crippen molar-refractivity contribution in [2.24, 2.45) is 5.73 Å². The number of benzene rings is 1. The van der Waals surface area contributed by atoms with Crippen molar-refractivity contribution in [3.8, 4) is 0 Å². The van der Waals surface area contributed by atoms with E-state index in [1.165, 1.54) is 18.2 Å². The molecule has 0 fully saturated rings. The normalized spacial score (nSPS) is 13.3. The molecule has 17 heavy (non-hydrogen) atoms. The molecule has 0 heterocycles. The zero-order valence-electron chi connectivity index (χ0n) is 9.16. The summed E-state index contributed by atoms with van der Waals surface area (Å²) in [6.07, 6.45) is 0. The predicted octanol–water partition coefficient (Wildman–Crippen LogP) is 0.220. The van der Waals surface area contributed by atoms with Gasteiger partial charge >= 0.3 is 0 Å². The molecule has 0 aromatic heterocycles. The molecule has 0 saturated carbocycles. The van der Waals surface area contributed by atoms with E-state index in [2.05, 4.69) is 4.72 Å². The average molecular weight is 259 g/mol. The topological polar surface area (TPSA) is 115 Å². The van der Waals surface area contributed by atoms with Crippen molar-refractivity contribution in [1.82, 2.24) is 4.72 Å². The lowest BCUT2D eigenvalue weighted by molar-refractivity contribution is -0.385. The number of nitrogens with zero attached hydrogens (tertiary/aromatic N) is 1. The molecule has 8 heteroatoms. The molecule has 0 spiro atoms. The Bertz CT molecular complexity index is 513. The molecule has 1 atom stereocenters. The van der Waals surface area contributed by atoms with E-state index < -0.39 is 14.9 Å². The molecule has 0 saturated heterocycles. The molecule has 0 aliphatic heterocycles. The van der Waals surface area contributed by atoms with Crippen LogP contribution in [0.4, 0.5) is 5.69 Å². The van der Waals surface area contributed by atoms with Gasteiger partial charge in [0.25, 0.3) is 5.69 Å². The van der Waals surface area contributed by atoms with E-state index >= 15 is 0 Å². The molecule has 3 N–H and O–H groups in total. The van der Waals surface area contributed by atoms with Gasteiger partial charge in [0.2, 0.25) is 10.0 Å². The predicted molar refractivity (Wildman–Crippen MR) is 61.9 cm³/mol. The first-order valence-corrected chi connectivity index (χ1v) is 6.31. The van der Waals surface area contributed by atoms with E-state index in [9.17, 15) is 18.5 Å². The van der Waals surface area contributed by atoms with Crippen LogP contribution in [0.2, 0.25) is 0 Å². The first-order chi connectivity index (χ1) is 7.83. The number of hydrogen-bond donors (Lipinski definition) is 2. The summed E-state index contributed by atoms with van der Waals surface area (Å²) in [5.74, 6) is 0. The van der Waals surface area contributed by atoms with Crippen LogP contribution in [-0.4, -0.2) is 25.9 Å². The van der Waals surface area contributed by atoms with Crippen molar-refractivity contribution >= 4 is 15.7 Å². The van der Waals surface area contributed by atoms with E-state index in [1.54, 1.807) is 6.92 Å². The highest BCUT2D eigenvalue weighted by Gasteiger charge is 2.17. The molecular weight excluding hydrogens is 246 g/mol. The van der Waals surface area contributed by atoms with Gasteiger partial charge in [-0.25, -0.2) is 13.1 Å². The minimum absolute atomic E-state index is 0.0744. The van der Waals surface area contributed by atoms with Crippen LogP contribution in [0.1, 0.15) is 6.92 Å². The first kappa shape index (κ1) is 13.6. The van der Waals surface area contributed by atoms with Crippen LogP contribution in [-0.2, 0) is 10.0 Å². The van der Waals surface area contributed by atoms with E-state index in [4.69, 9.17) is 5.73 Å². The number of nitrogens with one attached hydrogen (secondary N) is 1. The van der Waals surface area contributed by atoms with Gasteiger partial charge in [-0.3, -0.25) is 10.1 Å². The number of nitro groups is 1. The molecule has 7 nitrogen and oxygen atoms in total. The van der Waals surface area contributed by atoms with Gasteiger partial charge in [-0.2, -0.15) is 0 Å². The Kier molecular flexibility index (Phi) is 4.16. The van der Waals surface area contributed by atoms with Crippen LogP contribution in [0.3, 0.4) is 0 Å². The van der Waals surface area contributed by atoms with Crippen molar-refractivity contribution in [1.29, 1.82) is 0 Å². The number of nitro benzene ring substituents is 1. The lowest BCUT2D eigenvalue weighted by Crippen LogP contribution is -2.35. The Labute approximate surface area is 98.8 Å². The van der Waals surface area contributed by atoms with Crippen LogP contribution < -0.4 is 10.5 Å². The van der Waals surface area contributed by atoms with Crippen molar-refractivity contribution in [2.75, 3.05) is 6.54 Å². The Balaban J connectivity index is 2.99. The maximum absolute atomic E-state index is 11.7. The van der Waals surface area contributed by atoms with Crippen molar-refractivity contribution in [3.05, 3.63) is 34.4 Å². The highest BCUT2D eigenvalue weighted by molar-refractivity contribution is 7.89. The van der Waals surface area contributed by atoms with Crippen LogP contribution in [0, 0.1) is 10.1 Å². The van der Waals surface area contributed by atoms with Gasteiger partial charge in [0.1, 0.15) is 0 Å². The fourth-order valence-corrected chi connectivity index (χ4v) is 2.27. The summed E-state index contributed by atoms with van der Waals surface area (Å²) in [5, 5.41) is 10.5. The molecular formula is C9H13N3O4S. The number of nitrogens with two attached hydrogens (primary N) is 1. The zero-order chi connectivity index (χ0) is 13.1. The summed E-state index contributed by atoms with van der Waals surface area (Å²) in [6.45, 7) is 1.72. The van der Waals surface area contributed by atoms with E-state index in [-0.39, 0.29) is 23.2 Å². The second-order valence-electron chi connectivity index (χ2n) is 3.58. The van der Waals surface area contributed by atoms with Crippen LogP contribution in [0.25, 0.3) is 0 Å². The third kappa shape index (κ3) is 3.77. The van der Waals surface area contributed by atoms with E-state index in [0.29, 0.717) is 0 Å². The minimum Gasteiger partial charge on any atom is -0.327 e. The quantitative estimate of drug-likeness (QED) is 0.579. The maximum Gasteiger partial charge on any atom is 0.270 e. The lowest BCUT2D eigenvalue weighted by atomic mass is 10.3. The summed E-state index contributed by atoms with van der Waals surface area (Å²) in [4.78, 5) is 9.72. The fourth-order valence-electron chi connectivity index (χ4n) is 1.09. The second-order valence-corrected chi connectivity index (χ2v) is 5.35. The maximum atomic E-state index is 11.7. The Morgan fingerprint density at radius 3 is 2.71 bits per heavy atom. The summed E-state index contributed by atoms with van der Waals surface area (Å²) in [6, 6.07) is 4.51. The number of hydrogen-bond acceptors (Lipinski definition) is 5. The third-order valence-corrected chi connectivity index (χ3v) is 3.36. The van der Waals surface area contributed by atoms with Gasteiger partial charge in [-0.1, -0.05) is 6.07 Å². The first-order valence-electron chi connectivity index (χ1n) is 4.82. The van der Waals surface area contributed by atoms with Gasteiger partial charge in [-0.05, 0) is 13.0 Å². The smallest absolute Gasteiger partial charge is 0.270 e. The van der Waals surface area contributed by atoms with Crippen molar-refractivity contribution in [3.63, 3.8) is 0 Å². The van der Waals surface area contributed by atoms with Gasteiger partial charge in [-0.15, -0.1) is 0 Å². The number of non-ortho nitro benzene ring substituents is 1. The number of rotatable bonds is 5. The number of sulfonamides is 1. The monoisotopic (exact) mass is 259 g/mol. The second kappa shape index (κ2) is 5.21. The van der Waals surface area contributed by atoms with Crippen LogP contribution >= 0.6 is 0 Å². The lowest BCUT2D eigenvalue weighted by Gasteiger charge is -2.08. The van der Waals surface area contributed by atoms with Crippen molar-refractivity contribution in [2.45, 2.75) is 17.9 Å². The Morgan fingerprint density at radius 1 is 1.53 bits per heavy atom. The summed E-state index contributed by atoms with van der Waals surface area (Å²) in [5.41, 5.74) is 5.15. The SMILES string of the molecule is C[C@H](N)CNS(=O)(=O)c1cccc([N+](=O)[O-])c1. The molecule has 94 valence electrons. The van der Waals surface area contributed by atoms with Gasteiger partial charge in [0.05, 0.1) is 9.82 Å². The summed E-state index contributed by atoms with van der Waals surface area (Å²) < 4.78 is 25.7. The van der Waals surface area contributed by atoms with Gasteiger partial charge < -0.3 is 5.73 Å². The highest BCUT2D eigenvalue weighted by Crippen LogP contribution is 2.16. The van der Waals surface area contributed by atoms with Gasteiger partial charge in [0.15, 0.2) is 0 Å². The van der Waals surface area contributed by atoms with Crippen molar-refractivity contribution < 1.29 is 13.3 Å². The molecule has 1 rings (SSSR count). The molecule has 0 aliphatic carbocycles. The summed E-state index contributed by atoms with van der Waals surface area (Å²) in [7, 11) is -3.75. The molecule has 0 aliphatic rings. The van der Waals surface area contributed by atoms with Gasteiger partial charge in [0, 0.05) is 24.7 Å². The van der Waals surface area contributed by atoms with Crippen LogP contribution in [0.5, 0.6) is 0 Å². The standard InChI is InChI=1S/C9H13N3O4S/c1-7(10)6-11-17(15,16)9-4-2-3-8(5-9)12(13)14/h2-5,7,11H,6,10H2,1H3/t7-/m0/s1. The molecule has 0 unspecified atom stereocenters. The minimum atomic E-state index is -3.75. The largest absolute Gasteiger partial charge is 0.327 e. The molecule has 1 aromatic carbocycles. The zero-order valence-corrected chi connectivity index (χ0v) is 9.98. The Hall–Kier alpha value is -1.51.